The summed E-state index contributed by atoms with van der Waals surface area (Å²) in [5.41, 5.74) is 2.92. The van der Waals surface area contributed by atoms with Crippen LogP contribution in [0.25, 0.3) is 0 Å². The van der Waals surface area contributed by atoms with Crippen molar-refractivity contribution >= 4 is 17.7 Å². The smallest absolute Gasteiger partial charge is 0.251 e. The van der Waals surface area contributed by atoms with Crippen LogP contribution in [-0.4, -0.2) is 18.3 Å². The Morgan fingerprint density at radius 3 is 2.48 bits per heavy atom. The topological polar surface area (TPSA) is 38.3 Å². The molecule has 3 aromatic rings. The molecule has 3 nitrogen and oxygen atoms in total. The van der Waals surface area contributed by atoms with Crippen molar-refractivity contribution in [2.75, 3.05) is 12.4 Å². The Morgan fingerprint density at radius 1 is 0.963 bits per heavy atom. The Bertz CT molecular complexity index is 863. The van der Waals surface area contributed by atoms with Gasteiger partial charge in [-0.15, -0.1) is 11.8 Å². The van der Waals surface area contributed by atoms with Crippen molar-refractivity contribution in [3.8, 4) is 5.75 Å². The standard InChI is InChI=1S/C23H23NO2S/c1-18-6-5-7-19(16-18)17-24-23(25)20-10-12-21(13-11-20)26-14-15-27-22-8-3-2-4-9-22/h2-13,16H,14-15,17H2,1H3,(H,24,25). The lowest BCUT2D eigenvalue weighted by Gasteiger charge is -2.08. The van der Waals surface area contributed by atoms with Crippen LogP contribution >= 0.6 is 11.8 Å². The number of nitrogens with one attached hydrogen (secondary N) is 1. The normalized spacial score (nSPS) is 10.4. The zero-order valence-electron chi connectivity index (χ0n) is 15.4. The molecule has 0 saturated heterocycles. The highest BCUT2D eigenvalue weighted by Crippen LogP contribution is 2.18. The maximum absolute atomic E-state index is 12.3. The zero-order valence-corrected chi connectivity index (χ0v) is 16.2. The van der Waals surface area contributed by atoms with E-state index in [0.29, 0.717) is 18.7 Å². The second-order valence-corrected chi connectivity index (χ2v) is 7.37. The lowest BCUT2D eigenvalue weighted by Crippen LogP contribution is -2.22. The van der Waals surface area contributed by atoms with E-state index in [2.05, 4.69) is 23.5 Å². The van der Waals surface area contributed by atoms with Crippen LogP contribution in [0, 0.1) is 6.92 Å². The van der Waals surface area contributed by atoms with E-state index in [1.807, 2.05) is 55.5 Å². The highest BCUT2D eigenvalue weighted by Gasteiger charge is 2.06. The molecule has 0 unspecified atom stereocenters. The molecule has 0 aromatic heterocycles. The number of amides is 1. The van der Waals surface area contributed by atoms with Crippen LogP contribution in [0.15, 0.2) is 83.8 Å². The number of carbonyl (C=O) groups is 1. The molecular formula is C23H23NO2S. The number of benzene rings is 3. The van der Waals surface area contributed by atoms with Crippen LogP contribution in [0.1, 0.15) is 21.5 Å². The number of carbonyl (C=O) groups excluding carboxylic acids is 1. The Hall–Kier alpha value is -2.72. The molecule has 0 fully saturated rings. The van der Waals surface area contributed by atoms with E-state index in [4.69, 9.17) is 4.74 Å². The molecule has 1 N–H and O–H groups in total. The number of aryl methyl sites for hydroxylation is 1. The molecule has 1 amide bonds. The van der Waals surface area contributed by atoms with Gasteiger partial charge in [-0.2, -0.15) is 0 Å². The van der Waals surface area contributed by atoms with Crippen LogP contribution in [0.5, 0.6) is 5.75 Å². The van der Waals surface area contributed by atoms with Gasteiger partial charge in [0.2, 0.25) is 0 Å². The van der Waals surface area contributed by atoms with Crippen LogP contribution in [0.4, 0.5) is 0 Å². The molecule has 138 valence electrons. The van der Waals surface area contributed by atoms with Crippen molar-refractivity contribution in [3.05, 3.63) is 95.6 Å². The highest BCUT2D eigenvalue weighted by atomic mass is 32.2. The predicted molar refractivity (Wildman–Crippen MR) is 111 cm³/mol. The molecule has 0 saturated carbocycles. The van der Waals surface area contributed by atoms with Crippen molar-refractivity contribution in [2.24, 2.45) is 0 Å². The van der Waals surface area contributed by atoms with Crippen LogP contribution in [-0.2, 0) is 6.54 Å². The molecule has 4 heteroatoms. The SMILES string of the molecule is Cc1cccc(CNC(=O)c2ccc(OCCSc3ccccc3)cc2)c1. The van der Waals surface area contributed by atoms with Crippen molar-refractivity contribution in [1.82, 2.24) is 5.32 Å². The van der Waals surface area contributed by atoms with Gasteiger partial charge in [0, 0.05) is 22.8 Å². The lowest BCUT2D eigenvalue weighted by atomic mass is 10.1. The average molecular weight is 378 g/mol. The summed E-state index contributed by atoms with van der Waals surface area (Å²) < 4.78 is 5.75. The van der Waals surface area contributed by atoms with Gasteiger partial charge in [-0.3, -0.25) is 4.79 Å². The molecule has 0 aliphatic carbocycles. The van der Waals surface area contributed by atoms with E-state index >= 15 is 0 Å². The van der Waals surface area contributed by atoms with E-state index in [1.165, 1.54) is 10.5 Å². The highest BCUT2D eigenvalue weighted by molar-refractivity contribution is 7.99. The third-order valence-electron chi connectivity index (χ3n) is 4.02. The number of hydrogen-bond donors (Lipinski definition) is 1. The summed E-state index contributed by atoms with van der Waals surface area (Å²) in [5.74, 6) is 1.57. The molecule has 0 atom stereocenters. The van der Waals surface area contributed by atoms with Gasteiger partial charge in [-0.25, -0.2) is 0 Å². The van der Waals surface area contributed by atoms with Gasteiger partial charge in [0.05, 0.1) is 6.61 Å². The van der Waals surface area contributed by atoms with Crippen LogP contribution < -0.4 is 10.1 Å². The molecule has 0 radical (unpaired) electrons. The maximum Gasteiger partial charge on any atom is 0.251 e. The van der Waals surface area contributed by atoms with Gasteiger partial charge < -0.3 is 10.1 Å². The summed E-state index contributed by atoms with van der Waals surface area (Å²) in [6, 6.07) is 25.7. The van der Waals surface area contributed by atoms with Crippen molar-refractivity contribution < 1.29 is 9.53 Å². The number of rotatable bonds is 8. The summed E-state index contributed by atoms with van der Waals surface area (Å²) in [7, 11) is 0. The molecule has 3 aromatic carbocycles. The van der Waals surface area contributed by atoms with E-state index < -0.39 is 0 Å². The van der Waals surface area contributed by atoms with Crippen molar-refractivity contribution in [2.45, 2.75) is 18.4 Å². The van der Waals surface area contributed by atoms with Crippen molar-refractivity contribution in [3.63, 3.8) is 0 Å². The molecule has 0 aliphatic heterocycles. The van der Waals surface area contributed by atoms with E-state index in [1.54, 1.807) is 23.9 Å². The summed E-state index contributed by atoms with van der Waals surface area (Å²) >= 11 is 1.76. The Labute approximate surface area is 164 Å². The fourth-order valence-electron chi connectivity index (χ4n) is 2.64. The first-order chi connectivity index (χ1) is 13.2. The van der Waals surface area contributed by atoms with Gasteiger partial charge in [0.15, 0.2) is 0 Å². The van der Waals surface area contributed by atoms with Gasteiger partial charge >= 0.3 is 0 Å². The summed E-state index contributed by atoms with van der Waals surface area (Å²) in [6.07, 6.45) is 0. The molecule has 0 bridgehead atoms. The van der Waals surface area contributed by atoms with Gasteiger partial charge in [0.1, 0.15) is 5.75 Å². The van der Waals surface area contributed by atoms with Crippen molar-refractivity contribution in [1.29, 1.82) is 0 Å². The average Bonchev–Trinajstić information content (AvgIpc) is 2.71. The first kappa shape index (κ1) is 19.1. The largest absolute Gasteiger partial charge is 0.493 e. The first-order valence-electron chi connectivity index (χ1n) is 8.95. The molecule has 3 rings (SSSR count). The predicted octanol–water partition coefficient (Wildman–Crippen LogP) is 5.10. The fourth-order valence-corrected chi connectivity index (χ4v) is 3.40. The molecule has 0 heterocycles. The summed E-state index contributed by atoms with van der Waals surface area (Å²) in [4.78, 5) is 13.5. The third kappa shape index (κ3) is 6.19. The second-order valence-electron chi connectivity index (χ2n) is 6.21. The first-order valence-corrected chi connectivity index (χ1v) is 9.94. The minimum Gasteiger partial charge on any atom is -0.493 e. The number of hydrogen-bond acceptors (Lipinski definition) is 3. The zero-order chi connectivity index (χ0) is 18.9. The van der Waals surface area contributed by atoms with E-state index in [9.17, 15) is 4.79 Å². The number of thioether (sulfide) groups is 1. The van der Waals surface area contributed by atoms with Gasteiger partial charge in [-0.1, -0.05) is 48.0 Å². The summed E-state index contributed by atoms with van der Waals surface area (Å²) in [5, 5.41) is 2.95. The quantitative estimate of drug-likeness (QED) is 0.439. The second kappa shape index (κ2) is 9.83. The minimum atomic E-state index is -0.0808. The molecule has 0 spiro atoms. The maximum atomic E-state index is 12.3. The monoisotopic (exact) mass is 377 g/mol. The summed E-state index contributed by atoms with van der Waals surface area (Å²) in [6.45, 7) is 3.19. The fraction of sp³-hybridized carbons (Fsp3) is 0.174. The van der Waals surface area contributed by atoms with E-state index in [0.717, 1.165) is 17.1 Å². The molecule has 0 aliphatic rings. The lowest BCUT2D eigenvalue weighted by molar-refractivity contribution is 0.0951. The minimum absolute atomic E-state index is 0.0808. The molecular weight excluding hydrogens is 354 g/mol. The molecule has 27 heavy (non-hydrogen) atoms. The van der Waals surface area contributed by atoms with Crippen LogP contribution in [0.3, 0.4) is 0 Å². The Balaban J connectivity index is 1.43. The third-order valence-corrected chi connectivity index (χ3v) is 4.99. The van der Waals surface area contributed by atoms with Crippen LogP contribution in [0.2, 0.25) is 0 Å². The number of ether oxygens (including phenoxy) is 1. The van der Waals surface area contributed by atoms with Gasteiger partial charge in [0.25, 0.3) is 5.91 Å². The van der Waals surface area contributed by atoms with Gasteiger partial charge in [-0.05, 0) is 48.9 Å². The Morgan fingerprint density at radius 2 is 1.74 bits per heavy atom. The van der Waals surface area contributed by atoms with E-state index in [-0.39, 0.29) is 5.91 Å². The Kier molecular flexibility index (Phi) is 6.94.